The highest BCUT2D eigenvalue weighted by atomic mass is 35.5. The van der Waals surface area contributed by atoms with E-state index in [1.807, 2.05) is 13.0 Å². The van der Waals surface area contributed by atoms with Gasteiger partial charge in [0.25, 0.3) is 0 Å². The Morgan fingerprint density at radius 3 is 2.58 bits per heavy atom. The Kier molecular flexibility index (Phi) is 5.82. The van der Waals surface area contributed by atoms with Crippen molar-refractivity contribution in [1.29, 1.82) is 0 Å². The molecule has 0 saturated heterocycles. The maximum atomic E-state index is 12.2. The number of anilines is 1. The number of benzene rings is 2. The fourth-order valence-corrected chi connectivity index (χ4v) is 3.32. The molecular weight excluding hydrogens is 352 g/mol. The summed E-state index contributed by atoms with van der Waals surface area (Å²) in [4.78, 5) is 11.8. The van der Waals surface area contributed by atoms with Crippen LogP contribution in [-0.4, -0.2) is 28.0 Å². The molecule has 0 unspecified atom stereocenters. The quantitative estimate of drug-likeness (QED) is 0.820. The maximum Gasteiger partial charge on any atom is 0.241 e. The number of hydrogen-bond acceptors (Lipinski definition) is 4. The monoisotopic (exact) mass is 368 g/mol. The molecule has 8 heteroatoms. The lowest BCUT2D eigenvalue weighted by molar-refractivity contribution is -0.115. The van der Waals surface area contributed by atoms with Crippen molar-refractivity contribution in [3.8, 4) is 5.75 Å². The Morgan fingerprint density at radius 2 is 1.96 bits per heavy atom. The molecule has 2 N–H and O–H groups in total. The number of halogens is 1. The third kappa shape index (κ3) is 4.70. The van der Waals surface area contributed by atoms with Crippen LogP contribution in [0.15, 0.2) is 47.4 Å². The molecule has 24 heavy (non-hydrogen) atoms. The van der Waals surface area contributed by atoms with E-state index in [-0.39, 0.29) is 16.5 Å². The standard InChI is InChI=1S/C16H17ClN2O4S/c1-11-4-3-5-12(8-11)19-16(20)10-18-24(21,22)13-6-7-15(23-2)14(17)9-13/h3-9,18H,10H2,1-2H3,(H,19,20). The summed E-state index contributed by atoms with van der Waals surface area (Å²) in [5, 5.41) is 2.80. The van der Waals surface area contributed by atoms with Crippen LogP contribution >= 0.6 is 11.6 Å². The minimum absolute atomic E-state index is 0.0448. The molecule has 0 aromatic heterocycles. The van der Waals surface area contributed by atoms with Crippen LogP contribution < -0.4 is 14.8 Å². The van der Waals surface area contributed by atoms with Crippen LogP contribution in [0.1, 0.15) is 5.56 Å². The number of rotatable bonds is 6. The van der Waals surface area contributed by atoms with Crippen molar-refractivity contribution < 1.29 is 17.9 Å². The summed E-state index contributed by atoms with van der Waals surface area (Å²) >= 11 is 5.92. The topological polar surface area (TPSA) is 84.5 Å². The predicted octanol–water partition coefficient (Wildman–Crippen LogP) is 2.57. The lowest BCUT2D eigenvalue weighted by atomic mass is 10.2. The number of ether oxygens (including phenoxy) is 1. The molecule has 2 aromatic carbocycles. The second kappa shape index (κ2) is 7.65. The molecule has 0 saturated carbocycles. The predicted molar refractivity (Wildman–Crippen MR) is 93.0 cm³/mol. The Labute approximate surface area is 145 Å². The molecule has 0 heterocycles. The zero-order chi connectivity index (χ0) is 17.7. The van der Waals surface area contributed by atoms with Gasteiger partial charge >= 0.3 is 0 Å². The minimum Gasteiger partial charge on any atom is -0.495 e. The van der Waals surface area contributed by atoms with E-state index in [1.54, 1.807) is 18.2 Å². The molecule has 0 aliphatic rings. The third-order valence-electron chi connectivity index (χ3n) is 3.16. The van der Waals surface area contributed by atoms with Crippen LogP contribution in [0.25, 0.3) is 0 Å². The van der Waals surface area contributed by atoms with Crippen LogP contribution in [-0.2, 0) is 14.8 Å². The van der Waals surface area contributed by atoms with E-state index in [1.165, 1.54) is 25.3 Å². The fourth-order valence-electron chi connectivity index (χ4n) is 1.99. The van der Waals surface area contributed by atoms with Gasteiger partial charge in [0.2, 0.25) is 15.9 Å². The first-order valence-corrected chi connectivity index (χ1v) is 8.87. The van der Waals surface area contributed by atoms with E-state index in [9.17, 15) is 13.2 Å². The second-order valence-electron chi connectivity index (χ2n) is 5.04. The van der Waals surface area contributed by atoms with Gasteiger partial charge in [0, 0.05) is 5.69 Å². The van der Waals surface area contributed by atoms with Gasteiger partial charge in [-0.15, -0.1) is 0 Å². The summed E-state index contributed by atoms with van der Waals surface area (Å²) in [6.07, 6.45) is 0. The van der Waals surface area contributed by atoms with Crippen molar-refractivity contribution in [2.45, 2.75) is 11.8 Å². The number of amides is 1. The van der Waals surface area contributed by atoms with Gasteiger partial charge < -0.3 is 10.1 Å². The lowest BCUT2D eigenvalue weighted by Crippen LogP contribution is -2.32. The highest BCUT2D eigenvalue weighted by molar-refractivity contribution is 7.89. The normalized spacial score (nSPS) is 11.1. The van der Waals surface area contributed by atoms with Crippen LogP contribution in [0.4, 0.5) is 5.69 Å². The third-order valence-corrected chi connectivity index (χ3v) is 4.85. The first-order valence-electron chi connectivity index (χ1n) is 7.01. The molecule has 0 spiro atoms. The van der Waals surface area contributed by atoms with Gasteiger partial charge in [0.15, 0.2) is 0 Å². The van der Waals surface area contributed by atoms with E-state index in [4.69, 9.17) is 16.3 Å². The Balaban J connectivity index is 2.02. The van der Waals surface area contributed by atoms with Gasteiger partial charge in [-0.05, 0) is 42.8 Å². The van der Waals surface area contributed by atoms with E-state index in [2.05, 4.69) is 10.0 Å². The fraction of sp³-hybridized carbons (Fsp3) is 0.188. The first-order chi connectivity index (χ1) is 11.3. The smallest absolute Gasteiger partial charge is 0.241 e. The number of carbonyl (C=O) groups excluding carboxylic acids is 1. The van der Waals surface area contributed by atoms with E-state index in [0.29, 0.717) is 11.4 Å². The lowest BCUT2D eigenvalue weighted by Gasteiger charge is -2.09. The van der Waals surface area contributed by atoms with Gasteiger partial charge in [-0.2, -0.15) is 0 Å². The summed E-state index contributed by atoms with van der Waals surface area (Å²) in [6, 6.07) is 11.3. The van der Waals surface area contributed by atoms with Gasteiger partial charge in [0.05, 0.1) is 23.6 Å². The Morgan fingerprint density at radius 1 is 1.21 bits per heavy atom. The number of methoxy groups -OCH3 is 1. The van der Waals surface area contributed by atoms with Gasteiger partial charge in [0.1, 0.15) is 5.75 Å². The van der Waals surface area contributed by atoms with Crippen molar-refractivity contribution >= 4 is 33.2 Å². The molecule has 6 nitrogen and oxygen atoms in total. The molecule has 0 fully saturated rings. The molecule has 0 radical (unpaired) electrons. The summed E-state index contributed by atoms with van der Waals surface area (Å²) < 4.78 is 31.6. The zero-order valence-electron chi connectivity index (χ0n) is 13.2. The number of nitrogens with one attached hydrogen (secondary N) is 2. The SMILES string of the molecule is COc1ccc(S(=O)(=O)NCC(=O)Nc2cccc(C)c2)cc1Cl. The maximum absolute atomic E-state index is 12.2. The van der Waals surface area contributed by atoms with E-state index < -0.39 is 15.9 Å². The molecule has 1 amide bonds. The van der Waals surface area contributed by atoms with Crippen molar-refractivity contribution in [3.63, 3.8) is 0 Å². The van der Waals surface area contributed by atoms with E-state index in [0.717, 1.165) is 5.56 Å². The van der Waals surface area contributed by atoms with Crippen molar-refractivity contribution in [1.82, 2.24) is 4.72 Å². The van der Waals surface area contributed by atoms with Crippen LogP contribution in [0.2, 0.25) is 5.02 Å². The number of sulfonamides is 1. The molecule has 0 atom stereocenters. The first kappa shape index (κ1) is 18.3. The van der Waals surface area contributed by atoms with Crippen molar-refractivity contribution in [2.75, 3.05) is 19.0 Å². The summed E-state index contributed by atoms with van der Waals surface area (Å²) in [5.41, 5.74) is 1.59. The molecular formula is C16H17ClN2O4S. The average Bonchev–Trinajstić information content (AvgIpc) is 2.53. The van der Waals surface area contributed by atoms with Crippen molar-refractivity contribution in [3.05, 3.63) is 53.1 Å². The average molecular weight is 369 g/mol. The Bertz CT molecular complexity index is 853. The highest BCUT2D eigenvalue weighted by Gasteiger charge is 2.17. The highest BCUT2D eigenvalue weighted by Crippen LogP contribution is 2.26. The molecule has 0 aliphatic heterocycles. The summed E-state index contributed by atoms with van der Waals surface area (Å²) in [5.74, 6) is -0.100. The molecule has 0 bridgehead atoms. The van der Waals surface area contributed by atoms with Gasteiger partial charge in [-0.25, -0.2) is 13.1 Å². The molecule has 128 valence electrons. The largest absolute Gasteiger partial charge is 0.495 e. The Hall–Kier alpha value is -2.09. The molecule has 2 aromatic rings. The van der Waals surface area contributed by atoms with Gasteiger partial charge in [-0.1, -0.05) is 23.7 Å². The second-order valence-corrected chi connectivity index (χ2v) is 7.21. The minimum atomic E-state index is -3.85. The molecule has 2 rings (SSSR count). The van der Waals surface area contributed by atoms with Crippen molar-refractivity contribution in [2.24, 2.45) is 0 Å². The van der Waals surface area contributed by atoms with E-state index >= 15 is 0 Å². The van der Waals surface area contributed by atoms with Crippen LogP contribution in [0.3, 0.4) is 0 Å². The number of hydrogen-bond donors (Lipinski definition) is 2. The summed E-state index contributed by atoms with van der Waals surface area (Å²) in [6.45, 7) is 1.51. The zero-order valence-corrected chi connectivity index (χ0v) is 14.7. The number of aryl methyl sites for hydroxylation is 1. The van der Waals surface area contributed by atoms with Crippen LogP contribution in [0.5, 0.6) is 5.75 Å². The van der Waals surface area contributed by atoms with Crippen LogP contribution in [0, 0.1) is 6.92 Å². The summed E-state index contributed by atoms with van der Waals surface area (Å²) in [7, 11) is -2.42. The molecule has 0 aliphatic carbocycles. The number of carbonyl (C=O) groups is 1. The van der Waals surface area contributed by atoms with Gasteiger partial charge in [-0.3, -0.25) is 4.79 Å².